The Morgan fingerprint density at radius 2 is 1.96 bits per heavy atom. The third kappa shape index (κ3) is 4.93. The summed E-state index contributed by atoms with van der Waals surface area (Å²) in [5.74, 6) is 1.84. The van der Waals surface area contributed by atoms with Gasteiger partial charge < -0.3 is 16.2 Å². The summed E-state index contributed by atoms with van der Waals surface area (Å²) in [4.78, 5) is 8.16. The van der Waals surface area contributed by atoms with E-state index in [9.17, 15) is 0 Å². The second kappa shape index (κ2) is 6.96. The van der Waals surface area contributed by atoms with E-state index in [1.54, 1.807) is 6.07 Å². The zero-order valence-electron chi connectivity index (χ0n) is 14.3. The van der Waals surface area contributed by atoms with Gasteiger partial charge in [0, 0.05) is 17.2 Å². The van der Waals surface area contributed by atoms with Gasteiger partial charge in [-0.05, 0) is 49.9 Å². The lowest BCUT2D eigenvalue weighted by Gasteiger charge is -2.27. The molecule has 0 amide bonds. The predicted octanol–water partition coefficient (Wildman–Crippen LogP) is 3.18. The van der Waals surface area contributed by atoms with E-state index < -0.39 is 0 Å². The van der Waals surface area contributed by atoms with Crippen molar-refractivity contribution in [2.75, 3.05) is 12.3 Å². The number of hydrogen-bond donors (Lipinski definition) is 2. The van der Waals surface area contributed by atoms with Crippen molar-refractivity contribution < 1.29 is 4.74 Å². The number of ether oxygens (including phenoxy) is 1. The van der Waals surface area contributed by atoms with E-state index in [0.29, 0.717) is 18.3 Å². The van der Waals surface area contributed by atoms with Gasteiger partial charge in [0.25, 0.3) is 0 Å². The number of aryl methyl sites for hydroxylation is 1. The normalized spacial score (nSPS) is 13.8. The first-order chi connectivity index (χ1) is 10.8. The maximum Gasteiger partial charge on any atom is 0.127 e. The van der Waals surface area contributed by atoms with Crippen molar-refractivity contribution in [1.82, 2.24) is 9.97 Å². The molecule has 4 N–H and O–H groups in total. The molecule has 0 aliphatic rings. The van der Waals surface area contributed by atoms with Gasteiger partial charge in [0.1, 0.15) is 24.5 Å². The first-order valence-corrected chi connectivity index (χ1v) is 7.87. The predicted molar refractivity (Wildman–Crippen MR) is 94.2 cm³/mol. The molecule has 5 heteroatoms. The van der Waals surface area contributed by atoms with Crippen LogP contribution in [0.4, 0.5) is 5.82 Å². The van der Waals surface area contributed by atoms with Gasteiger partial charge in [0.15, 0.2) is 0 Å². The Kier molecular flexibility index (Phi) is 5.21. The Morgan fingerprint density at radius 1 is 1.22 bits per heavy atom. The Labute approximate surface area is 138 Å². The monoisotopic (exact) mass is 314 g/mol. The number of rotatable bonds is 6. The molecule has 0 spiro atoms. The van der Waals surface area contributed by atoms with Crippen molar-refractivity contribution in [3.63, 3.8) is 0 Å². The first kappa shape index (κ1) is 17.2. The molecule has 0 aliphatic heterocycles. The van der Waals surface area contributed by atoms with Gasteiger partial charge in [-0.25, -0.2) is 9.97 Å². The van der Waals surface area contributed by atoms with Gasteiger partial charge in [-0.3, -0.25) is 0 Å². The largest absolute Gasteiger partial charge is 0.491 e. The number of nitrogen functional groups attached to an aromatic ring is 1. The number of hydrogen-bond acceptors (Lipinski definition) is 5. The molecule has 1 aromatic heterocycles. The maximum atomic E-state index is 6.30. The summed E-state index contributed by atoms with van der Waals surface area (Å²) in [5.41, 5.74) is 14.5. The third-order valence-corrected chi connectivity index (χ3v) is 3.59. The lowest BCUT2D eigenvalue weighted by Crippen LogP contribution is -2.43. The number of benzene rings is 1. The quantitative estimate of drug-likeness (QED) is 0.855. The molecule has 1 aromatic carbocycles. The van der Waals surface area contributed by atoms with Crippen molar-refractivity contribution in [3.05, 3.63) is 36.2 Å². The van der Waals surface area contributed by atoms with Crippen LogP contribution < -0.4 is 16.2 Å². The minimum atomic E-state index is -0.333. The zero-order chi connectivity index (χ0) is 17.0. The van der Waals surface area contributed by atoms with E-state index in [4.69, 9.17) is 16.2 Å². The topological polar surface area (TPSA) is 87.0 Å². The van der Waals surface area contributed by atoms with Crippen molar-refractivity contribution in [2.45, 2.75) is 39.7 Å². The summed E-state index contributed by atoms with van der Waals surface area (Å²) >= 11 is 0. The van der Waals surface area contributed by atoms with Gasteiger partial charge in [0.05, 0.1) is 5.69 Å². The van der Waals surface area contributed by atoms with Crippen LogP contribution in [0.15, 0.2) is 30.6 Å². The van der Waals surface area contributed by atoms with Crippen molar-refractivity contribution in [2.24, 2.45) is 11.7 Å². The molecular formula is C18H26N4O. The van der Waals surface area contributed by atoms with Crippen molar-refractivity contribution >= 4 is 5.82 Å². The molecule has 0 radical (unpaired) electrons. The Bertz CT molecular complexity index is 668. The van der Waals surface area contributed by atoms with Gasteiger partial charge in [-0.2, -0.15) is 0 Å². The van der Waals surface area contributed by atoms with Gasteiger partial charge >= 0.3 is 0 Å². The number of aromatic nitrogens is 2. The van der Waals surface area contributed by atoms with Crippen LogP contribution in [0.3, 0.4) is 0 Å². The highest BCUT2D eigenvalue weighted by Gasteiger charge is 2.21. The van der Waals surface area contributed by atoms with Crippen LogP contribution in [-0.2, 0) is 0 Å². The smallest absolute Gasteiger partial charge is 0.127 e. The Hall–Kier alpha value is -2.14. The van der Waals surface area contributed by atoms with Crippen LogP contribution in [0.2, 0.25) is 0 Å². The molecule has 124 valence electrons. The first-order valence-electron chi connectivity index (χ1n) is 7.87. The zero-order valence-corrected chi connectivity index (χ0v) is 14.3. The molecule has 5 nitrogen and oxygen atoms in total. The lowest BCUT2D eigenvalue weighted by molar-refractivity contribution is 0.206. The molecular weight excluding hydrogens is 288 g/mol. The standard InChI is InChI=1S/C18H26N4O/c1-12(2)9-18(4,20)10-23-16-6-5-14(7-13(16)3)15-8-17(19)22-11-21-15/h5-8,11-12H,9-10,20H2,1-4H3,(H2,19,21,22). The van der Waals surface area contributed by atoms with Gasteiger partial charge in [-0.1, -0.05) is 13.8 Å². The summed E-state index contributed by atoms with van der Waals surface area (Å²) in [6.45, 7) is 8.86. The van der Waals surface area contributed by atoms with Gasteiger partial charge in [-0.15, -0.1) is 0 Å². The van der Waals surface area contributed by atoms with Crippen LogP contribution >= 0.6 is 0 Å². The second-order valence-electron chi connectivity index (χ2n) is 6.85. The Balaban J connectivity index is 2.11. The molecule has 0 saturated carbocycles. The highest BCUT2D eigenvalue weighted by Crippen LogP contribution is 2.26. The van der Waals surface area contributed by atoms with E-state index >= 15 is 0 Å². The minimum Gasteiger partial charge on any atom is -0.491 e. The maximum absolute atomic E-state index is 6.30. The van der Waals surface area contributed by atoms with Crippen LogP contribution in [0.25, 0.3) is 11.3 Å². The van der Waals surface area contributed by atoms with E-state index in [1.165, 1.54) is 6.33 Å². The minimum absolute atomic E-state index is 0.333. The molecule has 2 aromatic rings. The van der Waals surface area contributed by atoms with Crippen LogP contribution in [0.1, 0.15) is 32.8 Å². The van der Waals surface area contributed by atoms with E-state index in [-0.39, 0.29) is 5.54 Å². The second-order valence-corrected chi connectivity index (χ2v) is 6.85. The average Bonchev–Trinajstić information content (AvgIpc) is 2.44. The van der Waals surface area contributed by atoms with E-state index in [2.05, 4.69) is 23.8 Å². The molecule has 0 saturated heterocycles. The lowest BCUT2D eigenvalue weighted by atomic mass is 9.93. The molecule has 1 atom stereocenters. The fourth-order valence-electron chi connectivity index (χ4n) is 2.74. The van der Waals surface area contributed by atoms with Crippen LogP contribution in [0, 0.1) is 12.8 Å². The molecule has 1 unspecified atom stereocenters. The molecule has 0 aliphatic carbocycles. The molecule has 23 heavy (non-hydrogen) atoms. The van der Waals surface area contributed by atoms with Crippen LogP contribution in [-0.4, -0.2) is 22.1 Å². The summed E-state index contributed by atoms with van der Waals surface area (Å²) < 4.78 is 5.93. The van der Waals surface area contributed by atoms with Crippen molar-refractivity contribution in [1.29, 1.82) is 0 Å². The Morgan fingerprint density at radius 3 is 2.57 bits per heavy atom. The molecule has 1 heterocycles. The third-order valence-electron chi connectivity index (χ3n) is 3.59. The number of nitrogens with two attached hydrogens (primary N) is 2. The van der Waals surface area contributed by atoms with E-state index in [1.807, 2.05) is 32.0 Å². The fourth-order valence-corrected chi connectivity index (χ4v) is 2.74. The number of anilines is 1. The molecule has 0 bridgehead atoms. The van der Waals surface area contributed by atoms with Gasteiger partial charge in [0.2, 0.25) is 0 Å². The summed E-state index contributed by atoms with van der Waals surface area (Å²) in [5, 5.41) is 0. The molecule has 2 rings (SSSR count). The fraction of sp³-hybridized carbons (Fsp3) is 0.444. The van der Waals surface area contributed by atoms with Crippen molar-refractivity contribution in [3.8, 4) is 17.0 Å². The van der Waals surface area contributed by atoms with E-state index in [0.717, 1.165) is 29.0 Å². The average molecular weight is 314 g/mol. The molecule has 0 fully saturated rings. The summed E-state index contributed by atoms with van der Waals surface area (Å²) in [6.07, 6.45) is 2.39. The van der Waals surface area contributed by atoms with Crippen LogP contribution in [0.5, 0.6) is 5.75 Å². The highest BCUT2D eigenvalue weighted by molar-refractivity contribution is 5.63. The summed E-state index contributed by atoms with van der Waals surface area (Å²) in [6, 6.07) is 7.72. The highest BCUT2D eigenvalue weighted by atomic mass is 16.5. The summed E-state index contributed by atoms with van der Waals surface area (Å²) in [7, 11) is 0. The SMILES string of the molecule is Cc1cc(-c2cc(N)ncn2)ccc1OCC(C)(N)CC(C)C. The number of nitrogens with zero attached hydrogens (tertiary/aromatic N) is 2.